The van der Waals surface area contributed by atoms with E-state index in [9.17, 15) is 23.6 Å². The summed E-state index contributed by atoms with van der Waals surface area (Å²) in [7, 11) is 2.53. The Morgan fingerprint density at radius 1 is 0.629 bits per heavy atom. The number of piperidine rings is 1. The zero-order valence-corrected chi connectivity index (χ0v) is 40.6. The number of nitrogens with zero attached hydrogens (tertiary/aromatic N) is 6. The zero-order chi connectivity index (χ0) is 49.5. The molecule has 5 aromatic rings. The summed E-state index contributed by atoms with van der Waals surface area (Å²) in [6.45, 7) is 8.93. The van der Waals surface area contributed by atoms with Crippen LogP contribution in [0.25, 0.3) is 22.1 Å². The lowest BCUT2D eigenvalue weighted by Gasteiger charge is -2.35. The summed E-state index contributed by atoms with van der Waals surface area (Å²) >= 11 is 0. The van der Waals surface area contributed by atoms with Gasteiger partial charge in [0.25, 0.3) is 0 Å². The third-order valence-corrected chi connectivity index (χ3v) is 14.7. The molecule has 374 valence electrons. The zero-order valence-electron chi connectivity index (χ0n) is 40.6. The van der Waals surface area contributed by atoms with Crippen LogP contribution in [0.1, 0.15) is 126 Å². The number of anilines is 2. The van der Waals surface area contributed by atoms with Gasteiger partial charge in [0.15, 0.2) is 11.6 Å². The Morgan fingerprint density at radius 3 is 1.49 bits per heavy atom. The highest BCUT2D eigenvalue weighted by atomic mass is 19.1. The normalized spacial score (nSPS) is 21.9. The molecule has 2 aromatic heterocycles. The second-order valence-electron chi connectivity index (χ2n) is 19.8. The van der Waals surface area contributed by atoms with Crippen LogP contribution in [0.4, 0.5) is 34.1 Å². The van der Waals surface area contributed by atoms with Crippen LogP contribution in [0, 0.1) is 23.5 Å². The molecule has 4 amide bonds. The molecule has 19 heteroatoms. The Kier molecular flexibility index (Phi) is 13.9. The first-order valence-electron chi connectivity index (χ1n) is 24.6. The first-order chi connectivity index (χ1) is 33.6. The summed E-state index contributed by atoms with van der Waals surface area (Å²) in [5, 5.41) is 5.40. The van der Waals surface area contributed by atoms with Gasteiger partial charge < -0.3 is 49.7 Å². The second-order valence-corrected chi connectivity index (χ2v) is 19.8. The van der Waals surface area contributed by atoms with Crippen LogP contribution in [0.5, 0.6) is 0 Å². The van der Waals surface area contributed by atoms with Crippen LogP contribution >= 0.6 is 0 Å². The highest BCUT2D eigenvalue weighted by Crippen LogP contribution is 2.49. The molecule has 16 nitrogen and oxygen atoms in total. The lowest BCUT2D eigenvalue weighted by Crippen LogP contribution is -2.51. The number of likely N-dealkylation sites (tertiary alicyclic amines) is 2. The van der Waals surface area contributed by atoms with Crippen molar-refractivity contribution in [2.75, 3.05) is 50.2 Å². The number of amides is 4. The van der Waals surface area contributed by atoms with Gasteiger partial charge in [-0.2, -0.15) is 0 Å². The summed E-state index contributed by atoms with van der Waals surface area (Å²) in [6.07, 6.45) is 2.22. The van der Waals surface area contributed by atoms with Crippen LogP contribution in [0.2, 0.25) is 0 Å². The van der Waals surface area contributed by atoms with Crippen molar-refractivity contribution in [2.24, 2.45) is 11.8 Å². The van der Waals surface area contributed by atoms with Gasteiger partial charge in [-0.15, -0.1) is 0 Å². The summed E-state index contributed by atoms with van der Waals surface area (Å²) < 4.78 is 56.5. The fourth-order valence-corrected chi connectivity index (χ4v) is 11.1. The maximum Gasteiger partial charge on any atom is 0.407 e. The van der Waals surface area contributed by atoms with Crippen molar-refractivity contribution in [1.29, 1.82) is 0 Å². The third kappa shape index (κ3) is 9.42. The number of hydrogen-bond donors (Lipinski definition) is 4. The number of carbonyl (C=O) groups is 4. The van der Waals surface area contributed by atoms with Gasteiger partial charge in [0, 0.05) is 31.9 Å². The Balaban J connectivity index is 1.04. The van der Waals surface area contributed by atoms with E-state index in [-0.39, 0.29) is 79.4 Å². The number of alkyl halides is 1. The van der Waals surface area contributed by atoms with Gasteiger partial charge >= 0.3 is 12.2 Å². The fraction of sp³-hybridized carbons (Fsp3) is 0.529. The third-order valence-electron chi connectivity index (χ3n) is 14.7. The molecule has 9 rings (SSSR count). The number of imidazole rings is 2. The number of methoxy groups -OCH3 is 2. The Bertz CT molecular complexity index is 2590. The van der Waals surface area contributed by atoms with E-state index in [1.54, 1.807) is 14.7 Å². The molecule has 4 aliphatic rings. The van der Waals surface area contributed by atoms with Crippen LogP contribution in [0.15, 0.2) is 48.5 Å². The number of aromatic nitrogens is 4. The van der Waals surface area contributed by atoms with Crippen LogP contribution in [-0.4, -0.2) is 112 Å². The summed E-state index contributed by atoms with van der Waals surface area (Å²) in [5.74, 6) is -0.959. The van der Waals surface area contributed by atoms with Gasteiger partial charge in [-0.05, 0) is 111 Å². The van der Waals surface area contributed by atoms with Crippen LogP contribution in [0.3, 0.4) is 0 Å². The van der Waals surface area contributed by atoms with Crippen molar-refractivity contribution >= 4 is 57.4 Å². The predicted molar refractivity (Wildman–Crippen MR) is 258 cm³/mol. The molecule has 0 aliphatic carbocycles. The van der Waals surface area contributed by atoms with E-state index in [1.165, 1.54) is 26.4 Å². The maximum atomic E-state index is 16.4. The standard InChI is InChI=1S/C51H63F3N10O6/c1-27(2)43(59-50(67)69-5)48(65)62-19-7-9-41(62)46-55-35-13-11-29(23-37(35)57-46)39-15-16-40(64(39)32-25-33(53)45(34(54)26-32)61-21-17-31(52)18-22-61)30-12-14-36-38(24-30)58-47(56-36)42-10-8-20-63(42)49(66)44(28(3)4)60-51(68)70-6/h11-14,23-28,31,39-44H,7-10,15-22H2,1-6H3,(H,55,57)(H,56,58)(H,59,67)(H,60,68)/t39-,40-,41+,42+,43?,44?/m1/s1. The molecular formula is C51H63F3N10O6. The molecule has 2 unspecified atom stereocenters. The molecular weight excluding hydrogens is 906 g/mol. The van der Waals surface area contributed by atoms with Crippen molar-refractivity contribution in [3.8, 4) is 0 Å². The number of rotatable bonds is 12. The maximum absolute atomic E-state index is 16.4. The number of benzene rings is 3. The molecule has 0 saturated carbocycles. The van der Waals surface area contributed by atoms with Crippen molar-refractivity contribution < 1.29 is 41.8 Å². The largest absolute Gasteiger partial charge is 0.453 e. The fourth-order valence-electron chi connectivity index (χ4n) is 11.1. The van der Waals surface area contributed by atoms with E-state index in [1.807, 2.05) is 64.1 Å². The first kappa shape index (κ1) is 48.5. The minimum atomic E-state index is -1.00. The van der Waals surface area contributed by atoms with Gasteiger partial charge in [0.05, 0.1) is 60.5 Å². The number of fused-ring (bicyclic) bond motifs is 2. The van der Waals surface area contributed by atoms with E-state index in [0.29, 0.717) is 67.1 Å². The quantitative estimate of drug-likeness (QED) is 0.0944. The van der Waals surface area contributed by atoms with E-state index >= 15 is 8.78 Å². The van der Waals surface area contributed by atoms with Crippen LogP contribution in [-0.2, 0) is 19.1 Å². The van der Waals surface area contributed by atoms with Crippen molar-refractivity contribution in [3.63, 3.8) is 0 Å². The van der Waals surface area contributed by atoms with Gasteiger partial charge in [0.1, 0.15) is 35.6 Å². The molecule has 4 saturated heterocycles. The van der Waals surface area contributed by atoms with E-state index in [2.05, 4.69) is 25.5 Å². The smallest absolute Gasteiger partial charge is 0.407 e. The molecule has 0 bridgehead atoms. The number of aromatic amines is 2. The SMILES string of the molecule is COC(=O)NC(C(=O)N1CCC[C@H]1c1nc2cc([C@H]3CC[C@H](c4ccc5[nH]c([C@@H]6CCCN6C(=O)C(NC(=O)OC)C(C)C)nc5c4)N3c3cc(F)c(N4CCC(F)CC4)c(F)c3)ccc2[nH]1)C(C)C. The number of H-pyrrole nitrogens is 2. The van der Waals surface area contributed by atoms with Gasteiger partial charge in [-0.3, -0.25) is 9.59 Å². The number of carbonyl (C=O) groups excluding carboxylic acids is 4. The lowest BCUT2D eigenvalue weighted by atomic mass is 10.0. The monoisotopic (exact) mass is 968 g/mol. The molecule has 0 radical (unpaired) electrons. The number of ether oxygens (including phenoxy) is 2. The van der Waals surface area contributed by atoms with Crippen LogP contribution < -0.4 is 20.4 Å². The average molecular weight is 969 g/mol. The lowest BCUT2D eigenvalue weighted by molar-refractivity contribution is -0.136. The molecule has 3 aromatic carbocycles. The van der Waals surface area contributed by atoms with E-state index in [0.717, 1.165) is 35.0 Å². The Morgan fingerprint density at radius 2 is 1.07 bits per heavy atom. The summed E-state index contributed by atoms with van der Waals surface area (Å²) in [5.41, 5.74) is 4.88. The molecule has 4 fully saturated rings. The average Bonchev–Trinajstić information content (AvgIpc) is 4.20. The van der Waals surface area contributed by atoms with Crippen molar-refractivity contribution in [2.45, 2.75) is 121 Å². The predicted octanol–water partition coefficient (Wildman–Crippen LogP) is 8.83. The van der Waals surface area contributed by atoms with Gasteiger partial charge in [-0.25, -0.2) is 32.7 Å². The van der Waals surface area contributed by atoms with Crippen molar-refractivity contribution in [1.82, 2.24) is 40.4 Å². The van der Waals surface area contributed by atoms with Gasteiger partial charge in [-0.1, -0.05) is 39.8 Å². The summed E-state index contributed by atoms with van der Waals surface area (Å²) in [6, 6.07) is 11.8. The Labute approximate surface area is 405 Å². The van der Waals surface area contributed by atoms with E-state index < -0.39 is 42.1 Å². The first-order valence-corrected chi connectivity index (χ1v) is 24.6. The van der Waals surface area contributed by atoms with Crippen molar-refractivity contribution in [3.05, 3.63) is 82.9 Å². The number of alkyl carbamates (subject to hydrolysis) is 2. The highest BCUT2D eigenvalue weighted by Gasteiger charge is 2.41. The number of hydrogen-bond acceptors (Lipinski definition) is 10. The molecule has 0 spiro atoms. The summed E-state index contributed by atoms with van der Waals surface area (Å²) in [4.78, 5) is 76.4. The molecule has 4 aliphatic heterocycles. The highest BCUT2D eigenvalue weighted by molar-refractivity contribution is 5.88. The Hall–Kier alpha value is -6.53. The number of halogens is 3. The minimum absolute atomic E-state index is 0.153. The molecule has 6 atom stereocenters. The molecule has 4 N–H and O–H groups in total. The second kappa shape index (κ2) is 20.1. The topological polar surface area (TPSA) is 181 Å². The minimum Gasteiger partial charge on any atom is -0.453 e. The van der Waals surface area contributed by atoms with E-state index in [4.69, 9.17) is 19.4 Å². The molecule has 6 heterocycles. The molecule has 70 heavy (non-hydrogen) atoms. The number of nitrogens with one attached hydrogen (secondary N) is 4. The van der Waals surface area contributed by atoms with Gasteiger partial charge in [0.2, 0.25) is 11.8 Å².